The van der Waals surface area contributed by atoms with Crippen LogP contribution in [-0.4, -0.2) is 30.2 Å². The van der Waals surface area contributed by atoms with Gasteiger partial charge in [-0.15, -0.1) is 0 Å². The molecule has 0 atom stereocenters. The lowest BCUT2D eigenvalue weighted by Crippen LogP contribution is -2.29. The van der Waals surface area contributed by atoms with Gasteiger partial charge in [-0.2, -0.15) is 0 Å². The molecule has 1 aliphatic carbocycles. The van der Waals surface area contributed by atoms with Crippen molar-refractivity contribution in [1.29, 1.82) is 0 Å². The lowest BCUT2D eigenvalue weighted by molar-refractivity contribution is 0.414. The number of nitrogens with zero attached hydrogens (tertiary/aromatic N) is 3. The number of hydrogen-bond donors (Lipinski definition) is 0. The molecule has 1 saturated heterocycles. The highest BCUT2D eigenvalue weighted by Crippen LogP contribution is 2.37. The molecule has 2 heterocycles. The SMILES string of the molecule is COc1cc2c3c(nc(-c4ccc(N5CCCCC5)cc4)nc3c1)C2. The maximum Gasteiger partial charge on any atom is 0.160 e. The number of aromatic nitrogens is 2. The van der Waals surface area contributed by atoms with Crippen LogP contribution in [0.5, 0.6) is 5.75 Å². The minimum atomic E-state index is 0.812. The molecule has 0 spiro atoms. The predicted octanol–water partition coefficient (Wildman–Crippen LogP) is 4.20. The van der Waals surface area contributed by atoms with Crippen molar-refractivity contribution in [1.82, 2.24) is 9.97 Å². The highest BCUT2D eigenvalue weighted by molar-refractivity contribution is 5.92. The van der Waals surface area contributed by atoms with E-state index in [9.17, 15) is 0 Å². The molecule has 0 N–H and O–H groups in total. The molecule has 0 saturated carbocycles. The summed E-state index contributed by atoms with van der Waals surface area (Å²) in [6.45, 7) is 2.33. The third kappa shape index (κ3) is 2.44. The van der Waals surface area contributed by atoms with Gasteiger partial charge in [0.2, 0.25) is 0 Å². The summed E-state index contributed by atoms with van der Waals surface area (Å²) in [5, 5.41) is 1.20. The van der Waals surface area contributed by atoms with E-state index in [1.165, 1.54) is 49.0 Å². The number of benzene rings is 2. The number of rotatable bonds is 3. The van der Waals surface area contributed by atoms with Crippen LogP contribution in [0, 0.1) is 0 Å². The van der Waals surface area contributed by atoms with Crippen molar-refractivity contribution >= 4 is 16.6 Å². The van der Waals surface area contributed by atoms with Gasteiger partial charge in [0.15, 0.2) is 5.82 Å². The molecular formula is C21H21N3O. The minimum absolute atomic E-state index is 0.812. The molecular weight excluding hydrogens is 310 g/mol. The topological polar surface area (TPSA) is 38.2 Å². The quantitative estimate of drug-likeness (QED) is 0.564. The Bertz CT molecular complexity index is 944. The molecule has 2 aromatic carbocycles. The van der Waals surface area contributed by atoms with Gasteiger partial charge < -0.3 is 9.64 Å². The van der Waals surface area contributed by atoms with Crippen LogP contribution < -0.4 is 9.64 Å². The van der Waals surface area contributed by atoms with E-state index in [0.717, 1.165) is 34.8 Å². The summed E-state index contributed by atoms with van der Waals surface area (Å²) in [5.41, 5.74) is 5.81. The standard InChI is InChI=1S/C21H21N3O/c1-25-17-11-15-12-18-20(15)19(13-17)23-21(22-18)14-5-7-16(8-6-14)24-9-3-2-4-10-24/h5-8,11,13H,2-4,9-10,12H2,1H3. The molecule has 2 aliphatic rings. The third-order valence-electron chi connectivity index (χ3n) is 5.37. The molecule has 126 valence electrons. The number of methoxy groups -OCH3 is 1. The summed E-state index contributed by atoms with van der Waals surface area (Å²) < 4.78 is 5.39. The molecule has 4 nitrogen and oxygen atoms in total. The Morgan fingerprint density at radius 1 is 0.960 bits per heavy atom. The summed E-state index contributed by atoms with van der Waals surface area (Å²) in [6, 6.07) is 12.8. The van der Waals surface area contributed by atoms with Gasteiger partial charge in [-0.1, -0.05) is 0 Å². The average molecular weight is 331 g/mol. The predicted molar refractivity (Wildman–Crippen MR) is 100 cm³/mol. The monoisotopic (exact) mass is 331 g/mol. The molecule has 1 aliphatic heterocycles. The highest BCUT2D eigenvalue weighted by atomic mass is 16.5. The Kier molecular flexibility index (Phi) is 3.37. The van der Waals surface area contributed by atoms with Crippen molar-refractivity contribution < 1.29 is 4.74 Å². The zero-order chi connectivity index (χ0) is 16.8. The normalized spacial score (nSPS) is 16.0. The second-order valence-corrected chi connectivity index (χ2v) is 6.95. The lowest BCUT2D eigenvalue weighted by atomic mass is 9.91. The van der Waals surface area contributed by atoms with Crippen LogP contribution in [0.3, 0.4) is 0 Å². The van der Waals surface area contributed by atoms with Gasteiger partial charge in [-0.25, -0.2) is 9.97 Å². The number of hydrogen-bond acceptors (Lipinski definition) is 4. The van der Waals surface area contributed by atoms with Crippen molar-refractivity contribution in [3.05, 3.63) is 47.7 Å². The van der Waals surface area contributed by atoms with Crippen LogP contribution in [0.1, 0.15) is 30.5 Å². The fraction of sp³-hybridized carbons (Fsp3) is 0.333. The summed E-state index contributed by atoms with van der Waals surface area (Å²) in [5.74, 6) is 1.69. The number of piperidine rings is 1. The second-order valence-electron chi connectivity index (χ2n) is 6.95. The van der Waals surface area contributed by atoms with Crippen LogP contribution in [0.15, 0.2) is 36.4 Å². The Balaban J connectivity index is 1.51. The highest BCUT2D eigenvalue weighted by Gasteiger charge is 2.22. The molecule has 0 unspecified atom stereocenters. The number of ether oxygens (including phenoxy) is 1. The zero-order valence-corrected chi connectivity index (χ0v) is 14.5. The molecule has 3 aromatic rings. The van der Waals surface area contributed by atoms with E-state index >= 15 is 0 Å². The van der Waals surface area contributed by atoms with E-state index in [1.807, 2.05) is 6.07 Å². The average Bonchev–Trinajstić information content (AvgIpc) is 2.66. The van der Waals surface area contributed by atoms with Crippen molar-refractivity contribution in [3.8, 4) is 17.1 Å². The first-order chi connectivity index (χ1) is 12.3. The van der Waals surface area contributed by atoms with Crippen molar-refractivity contribution in [2.24, 2.45) is 0 Å². The molecule has 0 amide bonds. The van der Waals surface area contributed by atoms with Gasteiger partial charge in [0.25, 0.3) is 0 Å². The fourth-order valence-corrected chi connectivity index (χ4v) is 3.96. The van der Waals surface area contributed by atoms with Gasteiger partial charge in [0.1, 0.15) is 5.75 Å². The van der Waals surface area contributed by atoms with Crippen molar-refractivity contribution in [2.75, 3.05) is 25.1 Å². The first-order valence-electron chi connectivity index (χ1n) is 9.05. The van der Waals surface area contributed by atoms with Crippen molar-refractivity contribution in [3.63, 3.8) is 0 Å². The van der Waals surface area contributed by atoms with Crippen molar-refractivity contribution in [2.45, 2.75) is 25.7 Å². The summed E-state index contributed by atoms with van der Waals surface area (Å²) in [7, 11) is 1.70. The maximum absolute atomic E-state index is 5.39. The van der Waals surface area contributed by atoms with E-state index in [4.69, 9.17) is 14.7 Å². The van der Waals surface area contributed by atoms with Crippen LogP contribution in [0.25, 0.3) is 22.3 Å². The van der Waals surface area contributed by atoms with E-state index in [0.29, 0.717) is 0 Å². The lowest BCUT2D eigenvalue weighted by Gasteiger charge is -2.28. The van der Waals surface area contributed by atoms with E-state index in [-0.39, 0.29) is 0 Å². The molecule has 0 radical (unpaired) electrons. The van der Waals surface area contributed by atoms with Crippen LogP contribution in [0.2, 0.25) is 0 Å². The Labute approximate surface area is 147 Å². The second kappa shape index (κ2) is 5.73. The van der Waals surface area contributed by atoms with Gasteiger partial charge >= 0.3 is 0 Å². The zero-order valence-electron chi connectivity index (χ0n) is 14.5. The van der Waals surface area contributed by atoms with Crippen LogP contribution in [-0.2, 0) is 6.42 Å². The van der Waals surface area contributed by atoms with Gasteiger partial charge in [-0.3, -0.25) is 0 Å². The maximum atomic E-state index is 5.39. The fourth-order valence-electron chi connectivity index (χ4n) is 3.96. The number of anilines is 1. The van der Waals surface area contributed by atoms with E-state index in [1.54, 1.807) is 7.11 Å². The first kappa shape index (κ1) is 14.7. The summed E-state index contributed by atoms with van der Waals surface area (Å²) in [6.07, 6.45) is 4.85. The van der Waals surface area contributed by atoms with Gasteiger partial charge in [0.05, 0.1) is 18.3 Å². The van der Waals surface area contributed by atoms with Gasteiger partial charge in [-0.05, 0) is 55.2 Å². The largest absolute Gasteiger partial charge is 0.497 e. The first-order valence-corrected chi connectivity index (χ1v) is 9.05. The molecule has 5 rings (SSSR count). The Hall–Kier alpha value is -2.62. The summed E-state index contributed by atoms with van der Waals surface area (Å²) in [4.78, 5) is 12.0. The molecule has 4 heteroatoms. The van der Waals surface area contributed by atoms with Crippen LogP contribution >= 0.6 is 0 Å². The molecule has 0 bridgehead atoms. The van der Waals surface area contributed by atoms with Crippen LogP contribution in [0.4, 0.5) is 5.69 Å². The molecule has 1 fully saturated rings. The van der Waals surface area contributed by atoms with E-state index in [2.05, 4.69) is 35.2 Å². The summed E-state index contributed by atoms with van der Waals surface area (Å²) >= 11 is 0. The smallest absolute Gasteiger partial charge is 0.160 e. The minimum Gasteiger partial charge on any atom is -0.497 e. The molecule has 1 aromatic heterocycles. The van der Waals surface area contributed by atoms with E-state index < -0.39 is 0 Å². The Morgan fingerprint density at radius 2 is 1.76 bits per heavy atom. The third-order valence-corrected chi connectivity index (χ3v) is 5.37. The van der Waals surface area contributed by atoms with Gasteiger partial charge in [0, 0.05) is 42.2 Å². The molecule has 25 heavy (non-hydrogen) atoms. The Morgan fingerprint density at radius 3 is 2.52 bits per heavy atom.